The number of rotatable bonds is 7. The summed E-state index contributed by atoms with van der Waals surface area (Å²) in [7, 11) is 0. The molecule has 2 heterocycles. The number of ether oxygens (including phenoxy) is 2. The Kier molecular flexibility index (Phi) is 7.01. The zero-order chi connectivity index (χ0) is 24.1. The second-order valence-electron chi connectivity index (χ2n) is 7.09. The van der Waals surface area contributed by atoms with Crippen LogP contribution in [-0.4, -0.2) is 51.4 Å². The molecule has 0 aliphatic carbocycles. The maximum atomic E-state index is 12.3. The topological polar surface area (TPSA) is 141 Å². The maximum absolute atomic E-state index is 12.3. The molecule has 4 rings (SSSR count). The van der Waals surface area contributed by atoms with Crippen LogP contribution in [0.15, 0.2) is 58.3 Å². The third-order valence-electron chi connectivity index (χ3n) is 4.87. The van der Waals surface area contributed by atoms with Crippen molar-refractivity contribution in [1.29, 1.82) is 0 Å². The van der Waals surface area contributed by atoms with E-state index >= 15 is 0 Å². The van der Waals surface area contributed by atoms with Crippen molar-refractivity contribution in [3.8, 4) is 5.75 Å². The van der Waals surface area contributed by atoms with Gasteiger partial charge in [-0.1, -0.05) is 12.1 Å². The number of fused-ring (bicyclic) bond motifs is 1. The van der Waals surface area contributed by atoms with Crippen molar-refractivity contribution in [3.05, 3.63) is 68.9 Å². The van der Waals surface area contributed by atoms with Gasteiger partial charge in [0, 0.05) is 18.9 Å². The highest BCUT2D eigenvalue weighted by molar-refractivity contribution is 9.10. The molecule has 2 aromatic carbocycles. The number of anilines is 1. The fraction of sp³-hybridized carbons (Fsp3) is 0.238. The summed E-state index contributed by atoms with van der Waals surface area (Å²) in [6.07, 6.45) is 1.69. The van der Waals surface area contributed by atoms with Gasteiger partial charge >= 0.3 is 6.16 Å². The standard InChI is InChI=1S/C21H19BrN6O6/c1-13(33-21(29)34-15-4-2-14(3-5-15)12-32-28(30)31)27-11-10-25-20(27)26-16-6-7-17-19(18(16)22)24-9-8-23-17/h2-9,13H,10-12H2,1H3,(H,25,26). The van der Waals surface area contributed by atoms with E-state index in [1.165, 1.54) is 12.1 Å². The molecule has 1 aliphatic rings. The summed E-state index contributed by atoms with van der Waals surface area (Å²) in [5.74, 6) is 0.774. The first kappa shape index (κ1) is 23.2. The van der Waals surface area contributed by atoms with Crippen molar-refractivity contribution >= 4 is 44.8 Å². The van der Waals surface area contributed by atoms with Crippen LogP contribution in [0.5, 0.6) is 5.75 Å². The predicted molar refractivity (Wildman–Crippen MR) is 125 cm³/mol. The van der Waals surface area contributed by atoms with Crippen molar-refractivity contribution in [2.75, 3.05) is 18.4 Å². The second-order valence-corrected chi connectivity index (χ2v) is 7.88. The predicted octanol–water partition coefficient (Wildman–Crippen LogP) is 3.75. The third kappa shape index (κ3) is 5.49. The molecule has 0 fully saturated rings. The van der Waals surface area contributed by atoms with Crippen molar-refractivity contribution in [2.45, 2.75) is 19.8 Å². The molecule has 0 spiro atoms. The van der Waals surface area contributed by atoms with Gasteiger partial charge in [-0.2, -0.15) is 0 Å². The van der Waals surface area contributed by atoms with Gasteiger partial charge in [0.25, 0.3) is 5.09 Å². The minimum atomic E-state index is -0.893. The normalized spacial score (nSPS) is 13.8. The summed E-state index contributed by atoms with van der Waals surface area (Å²) >= 11 is 3.56. The number of carbonyl (C=O) groups excluding carboxylic acids is 1. The van der Waals surface area contributed by atoms with Gasteiger partial charge in [-0.25, -0.2) is 4.79 Å². The smallest absolute Gasteiger partial charge is 0.410 e. The lowest BCUT2D eigenvalue weighted by Gasteiger charge is -2.27. The minimum absolute atomic E-state index is 0.196. The van der Waals surface area contributed by atoms with E-state index in [0.717, 1.165) is 15.7 Å². The highest BCUT2D eigenvalue weighted by Crippen LogP contribution is 2.29. The van der Waals surface area contributed by atoms with E-state index < -0.39 is 17.5 Å². The number of halogens is 1. The lowest BCUT2D eigenvalue weighted by Crippen LogP contribution is -2.42. The molecule has 0 radical (unpaired) electrons. The molecule has 0 amide bonds. The van der Waals surface area contributed by atoms with Crippen LogP contribution in [-0.2, 0) is 16.2 Å². The summed E-state index contributed by atoms with van der Waals surface area (Å²) in [6, 6.07) is 9.80. The van der Waals surface area contributed by atoms with Crippen LogP contribution < -0.4 is 10.1 Å². The fourth-order valence-electron chi connectivity index (χ4n) is 3.25. The number of benzene rings is 2. The van der Waals surface area contributed by atoms with E-state index in [9.17, 15) is 14.9 Å². The summed E-state index contributed by atoms with van der Waals surface area (Å²) in [5, 5.41) is 12.6. The van der Waals surface area contributed by atoms with Gasteiger partial charge in [0.05, 0.1) is 22.2 Å². The summed E-state index contributed by atoms with van der Waals surface area (Å²) < 4.78 is 11.4. The van der Waals surface area contributed by atoms with Crippen LogP contribution in [0.25, 0.3) is 11.0 Å². The van der Waals surface area contributed by atoms with Gasteiger partial charge in [0.2, 0.25) is 5.96 Å². The molecule has 34 heavy (non-hydrogen) atoms. The van der Waals surface area contributed by atoms with Crippen LogP contribution in [0.3, 0.4) is 0 Å². The number of nitrogens with zero attached hydrogens (tertiary/aromatic N) is 5. The molecule has 0 bridgehead atoms. The molecular weight excluding hydrogens is 512 g/mol. The molecule has 0 saturated carbocycles. The molecular formula is C21H19BrN6O6. The van der Waals surface area contributed by atoms with Crippen LogP contribution >= 0.6 is 15.9 Å². The average Bonchev–Trinajstić information content (AvgIpc) is 3.29. The minimum Gasteiger partial charge on any atom is -0.410 e. The van der Waals surface area contributed by atoms with E-state index in [2.05, 4.69) is 41.0 Å². The van der Waals surface area contributed by atoms with Crippen LogP contribution in [0, 0.1) is 10.1 Å². The molecule has 1 aromatic heterocycles. The monoisotopic (exact) mass is 530 g/mol. The molecule has 1 N–H and O–H groups in total. The first-order valence-corrected chi connectivity index (χ1v) is 10.9. The number of aliphatic imine (C=N–C) groups is 1. The van der Waals surface area contributed by atoms with Crippen LogP contribution in [0.1, 0.15) is 12.5 Å². The number of nitrogens with one attached hydrogen (secondary N) is 1. The summed E-state index contributed by atoms with van der Waals surface area (Å²) in [6.45, 7) is 2.60. The van der Waals surface area contributed by atoms with E-state index in [4.69, 9.17) is 9.47 Å². The Morgan fingerprint density at radius 2 is 2.00 bits per heavy atom. The van der Waals surface area contributed by atoms with E-state index in [0.29, 0.717) is 30.1 Å². The molecule has 1 aliphatic heterocycles. The fourth-order valence-corrected chi connectivity index (χ4v) is 3.79. The van der Waals surface area contributed by atoms with E-state index in [1.54, 1.807) is 36.4 Å². The lowest BCUT2D eigenvalue weighted by molar-refractivity contribution is -0.763. The number of guanidine groups is 1. The van der Waals surface area contributed by atoms with Gasteiger partial charge in [0.15, 0.2) is 6.23 Å². The first-order valence-electron chi connectivity index (χ1n) is 10.1. The molecule has 13 heteroatoms. The summed E-state index contributed by atoms with van der Waals surface area (Å²) in [5.41, 5.74) is 2.76. The van der Waals surface area contributed by atoms with Gasteiger partial charge in [0.1, 0.15) is 17.9 Å². The van der Waals surface area contributed by atoms with Gasteiger partial charge in [-0.3, -0.25) is 15.0 Å². The van der Waals surface area contributed by atoms with Crippen LogP contribution in [0.4, 0.5) is 10.5 Å². The van der Waals surface area contributed by atoms with Crippen molar-refractivity contribution in [3.63, 3.8) is 0 Å². The SMILES string of the molecule is CC(OC(=O)Oc1ccc(CO[N+](=O)[O-])cc1)N1CCN=C1Nc1ccc2nccnc2c1Br. The zero-order valence-corrected chi connectivity index (χ0v) is 19.5. The Bertz CT molecular complexity index is 1240. The molecule has 1 atom stereocenters. The number of hydrogen-bond donors (Lipinski definition) is 1. The molecule has 0 saturated heterocycles. The number of carbonyl (C=O) groups is 1. The van der Waals surface area contributed by atoms with Gasteiger partial charge in [-0.05, 0) is 52.7 Å². The van der Waals surface area contributed by atoms with E-state index in [1.807, 2.05) is 12.1 Å². The highest BCUT2D eigenvalue weighted by atomic mass is 79.9. The van der Waals surface area contributed by atoms with Crippen LogP contribution in [0.2, 0.25) is 0 Å². The maximum Gasteiger partial charge on any atom is 0.515 e. The largest absolute Gasteiger partial charge is 0.515 e. The Labute approximate surface area is 201 Å². The second kappa shape index (κ2) is 10.3. The number of hydrogen-bond acceptors (Lipinski definition) is 11. The highest BCUT2D eigenvalue weighted by Gasteiger charge is 2.26. The Balaban J connectivity index is 1.35. The van der Waals surface area contributed by atoms with Gasteiger partial charge in [-0.15, -0.1) is 10.1 Å². The molecule has 12 nitrogen and oxygen atoms in total. The van der Waals surface area contributed by atoms with Crippen molar-refractivity contribution in [1.82, 2.24) is 14.9 Å². The molecule has 1 unspecified atom stereocenters. The summed E-state index contributed by atoms with van der Waals surface area (Å²) in [4.78, 5) is 41.7. The third-order valence-corrected chi connectivity index (χ3v) is 5.67. The first-order chi connectivity index (χ1) is 16.4. The Morgan fingerprint density at radius 3 is 2.76 bits per heavy atom. The Hall–Kier alpha value is -4.00. The number of aromatic nitrogens is 2. The van der Waals surface area contributed by atoms with Crippen molar-refractivity contribution in [2.24, 2.45) is 4.99 Å². The zero-order valence-electron chi connectivity index (χ0n) is 17.9. The van der Waals surface area contributed by atoms with Gasteiger partial charge < -0.3 is 24.5 Å². The van der Waals surface area contributed by atoms with Crippen molar-refractivity contribution < 1.29 is 24.2 Å². The quantitative estimate of drug-likeness (QED) is 0.207. The molecule has 3 aromatic rings. The Morgan fingerprint density at radius 1 is 1.24 bits per heavy atom. The molecule has 176 valence electrons. The average molecular weight is 531 g/mol. The lowest BCUT2D eigenvalue weighted by atomic mass is 10.2. The van der Waals surface area contributed by atoms with E-state index in [-0.39, 0.29) is 12.4 Å².